The number of nitrogens with zero attached hydrogens (tertiary/aromatic N) is 3. The Kier molecular flexibility index (Phi) is 3.88. The van der Waals surface area contributed by atoms with Crippen LogP contribution in [0.1, 0.15) is 12.2 Å². The van der Waals surface area contributed by atoms with Crippen molar-refractivity contribution in [2.75, 3.05) is 5.33 Å². The fourth-order valence-corrected chi connectivity index (χ4v) is 1.18. The fraction of sp³-hybridized carbons (Fsp3) is 0.571. The number of rotatable bonds is 4. The number of nitrogens with one attached hydrogen (secondary N) is 1. The minimum Gasteiger partial charge on any atom is -0.349 e. The number of carbonyl (C=O) groups is 1. The molecule has 0 aliphatic rings. The first-order chi connectivity index (χ1) is 6.22. The smallest absolute Gasteiger partial charge is 0.221 e. The highest BCUT2D eigenvalue weighted by atomic mass is 79.9. The Morgan fingerprint density at radius 2 is 2.54 bits per heavy atom. The van der Waals surface area contributed by atoms with E-state index >= 15 is 0 Å². The van der Waals surface area contributed by atoms with E-state index in [0.29, 0.717) is 24.1 Å². The maximum Gasteiger partial charge on any atom is 0.221 e. The van der Waals surface area contributed by atoms with E-state index in [9.17, 15) is 4.79 Å². The van der Waals surface area contributed by atoms with Crippen LogP contribution in [0.2, 0.25) is 0 Å². The van der Waals surface area contributed by atoms with Crippen molar-refractivity contribution in [2.24, 2.45) is 7.05 Å². The minimum absolute atomic E-state index is 0.00401. The highest BCUT2D eigenvalue weighted by Gasteiger charge is 2.02. The molecule has 0 aliphatic heterocycles. The average molecular weight is 247 g/mol. The Labute approximate surface area is 84.7 Å². The summed E-state index contributed by atoms with van der Waals surface area (Å²) >= 11 is 3.18. The van der Waals surface area contributed by atoms with E-state index in [4.69, 9.17) is 0 Å². The van der Waals surface area contributed by atoms with Gasteiger partial charge in [0.1, 0.15) is 6.33 Å². The van der Waals surface area contributed by atoms with Gasteiger partial charge >= 0.3 is 0 Å². The quantitative estimate of drug-likeness (QED) is 0.774. The molecule has 0 radical (unpaired) electrons. The molecule has 5 nitrogen and oxygen atoms in total. The summed E-state index contributed by atoms with van der Waals surface area (Å²) in [6.45, 7) is 0.396. The second-order valence-electron chi connectivity index (χ2n) is 2.55. The number of alkyl halides is 1. The van der Waals surface area contributed by atoms with Crippen LogP contribution in [0.15, 0.2) is 6.33 Å². The van der Waals surface area contributed by atoms with Crippen molar-refractivity contribution in [3.8, 4) is 0 Å². The van der Waals surface area contributed by atoms with Crippen LogP contribution in [0.3, 0.4) is 0 Å². The van der Waals surface area contributed by atoms with Gasteiger partial charge < -0.3 is 5.32 Å². The number of aromatic nitrogens is 3. The summed E-state index contributed by atoms with van der Waals surface area (Å²) < 4.78 is 1.60. The van der Waals surface area contributed by atoms with E-state index in [2.05, 4.69) is 31.3 Å². The van der Waals surface area contributed by atoms with Gasteiger partial charge in [-0.1, -0.05) is 15.9 Å². The maximum absolute atomic E-state index is 11.0. The second-order valence-corrected chi connectivity index (χ2v) is 3.34. The number of aryl methyl sites for hydroxylation is 1. The Morgan fingerprint density at radius 1 is 1.77 bits per heavy atom. The zero-order valence-corrected chi connectivity index (χ0v) is 8.91. The Bertz CT molecular complexity index is 286. The van der Waals surface area contributed by atoms with Crippen LogP contribution < -0.4 is 5.32 Å². The van der Waals surface area contributed by atoms with Gasteiger partial charge in [-0.25, -0.2) is 4.98 Å². The van der Waals surface area contributed by atoms with Crippen LogP contribution in [0.25, 0.3) is 0 Å². The molecule has 1 aromatic rings. The molecular weight excluding hydrogens is 236 g/mol. The first-order valence-corrected chi connectivity index (χ1v) is 5.01. The van der Waals surface area contributed by atoms with Crippen LogP contribution in [0.4, 0.5) is 0 Å². The van der Waals surface area contributed by atoms with Crippen LogP contribution in [-0.2, 0) is 18.4 Å². The van der Waals surface area contributed by atoms with Crippen LogP contribution >= 0.6 is 15.9 Å². The average Bonchev–Trinajstić information content (AvgIpc) is 2.49. The topological polar surface area (TPSA) is 59.8 Å². The molecule has 0 aromatic carbocycles. The minimum atomic E-state index is 0.00401. The fourth-order valence-electron chi connectivity index (χ4n) is 0.817. The normalized spacial score (nSPS) is 10.0. The molecule has 1 amide bonds. The molecule has 0 aliphatic carbocycles. The third-order valence-electron chi connectivity index (χ3n) is 1.41. The van der Waals surface area contributed by atoms with Gasteiger partial charge in [-0.3, -0.25) is 9.48 Å². The molecule has 0 saturated carbocycles. The number of halogens is 1. The van der Waals surface area contributed by atoms with Crippen molar-refractivity contribution in [1.82, 2.24) is 20.1 Å². The zero-order chi connectivity index (χ0) is 9.68. The number of carbonyl (C=O) groups excluding carboxylic acids is 1. The van der Waals surface area contributed by atoms with Gasteiger partial charge in [0, 0.05) is 18.8 Å². The molecule has 0 spiro atoms. The number of hydrogen-bond acceptors (Lipinski definition) is 3. The highest BCUT2D eigenvalue weighted by Crippen LogP contribution is 1.90. The lowest BCUT2D eigenvalue weighted by Gasteiger charge is -1.99. The first kappa shape index (κ1) is 10.2. The lowest BCUT2D eigenvalue weighted by Crippen LogP contribution is -2.23. The van der Waals surface area contributed by atoms with Gasteiger partial charge in [-0.05, 0) is 0 Å². The number of amides is 1. The summed E-state index contributed by atoms with van der Waals surface area (Å²) in [7, 11) is 1.79. The van der Waals surface area contributed by atoms with Crippen molar-refractivity contribution in [3.05, 3.63) is 12.2 Å². The molecule has 1 N–H and O–H groups in total. The largest absolute Gasteiger partial charge is 0.349 e. The molecular formula is C7H11BrN4O. The maximum atomic E-state index is 11.0. The van der Waals surface area contributed by atoms with Gasteiger partial charge in [-0.15, -0.1) is 0 Å². The van der Waals surface area contributed by atoms with E-state index < -0.39 is 0 Å². The first-order valence-electron chi connectivity index (χ1n) is 3.89. The Hall–Kier alpha value is -0.910. The predicted molar refractivity (Wildman–Crippen MR) is 51.3 cm³/mol. The van der Waals surface area contributed by atoms with Crippen LogP contribution in [0.5, 0.6) is 0 Å². The van der Waals surface area contributed by atoms with Gasteiger partial charge in [0.15, 0.2) is 5.82 Å². The van der Waals surface area contributed by atoms with E-state index in [1.54, 1.807) is 18.1 Å². The lowest BCUT2D eigenvalue weighted by atomic mass is 10.4. The summed E-state index contributed by atoms with van der Waals surface area (Å²) in [5, 5.41) is 7.40. The molecule has 6 heteroatoms. The van der Waals surface area contributed by atoms with Crippen molar-refractivity contribution >= 4 is 21.8 Å². The summed E-state index contributed by atoms with van der Waals surface area (Å²) in [5.41, 5.74) is 0. The molecule has 0 bridgehead atoms. The molecule has 72 valence electrons. The van der Waals surface area contributed by atoms with E-state index in [-0.39, 0.29) is 5.91 Å². The Balaban J connectivity index is 2.30. The van der Waals surface area contributed by atoms with Gasteiger partial charge in [0.2, 0.25) is 5.91 Å². The van der Waals surface area contributed by atoms with Crippen LogP contribution in [-0.4, -0.2) is 26.0 Å². The van der Waals surface area contributed by atoms with E-state index in [1.165, 1.54) is 0 Å². The van der Waals surface area contributed by atoms with Gasteiger partial charge in [-0.2, -0.15) is 5.10 Å². The molecule has 0 fully saturated rings. The monoisotopic (exact) mass is 246 g/mol. The third-order valence-corrected chi connectivity index (χ3v) is 1.81. The Morgan fingerprint density at radius 3 is 3.08 bits per heavy atom. The van der Waals surface area contributed by atoms with Gasteiger partial charge in [0.25, 0.3) is 0 Å². The molecule has 13 heavy (non-hydrogen) atoms. The lowest BCUT2D eigenvalue weighted by molar-refractivity contribution is -0.120. The third kappa shape index (κ3) is 3.54. The summed E-state index contributed by atoms with van der Waals surface area (Å²) in [6.07, 6.45) is 2.08. The summed E-state index contributed by atoms with van der Waals surface area (Å²) in [5.74, 6) is 0.634. The van der Waals surface area contributed by atoms with Crippen molar-refractivity contribution in [3.63, 3.8) is 0 Å². The second kappa shape index (κ2) is 4.96. The standard InChI is InChI=1S/C7H11BrN4O/c1-12-5-10-6(11-12)4-9-7(13)2-3-8/h5H,2-4H2,1H3,(H,9,13). The number of hydrogen-bond donors (Lipinski definition) is 1. The van der Waals surface area contributed by atoms with Crippen molar-refractivity contribution < 1.29 is 4.79 Å². The van der Waals surface area contributed by atoms with E-state index in [1.807, 2.05) is 0 Å². The summed E-state index contributed by atoms with van der Waals surface area (Å²) in [4.78, 5) is 15.0. The van der Waals surface area contributed by atoms with Gasteiger partial charge in [0.05, 0.1) is 6.54 Å². The molecule has 0 unspecified atom stereocenters. The van der Waals surface area contributed by atoms with Crippen molar-refractivity contribution in [1.29, 1.82) is 0 Å². The zero-order valence-electron chi connectivity index (χ0n) is 7.33. The molecule has 1 heterocycles. The van der Waals surface area contributed by atoms with Crippen molar-refractivity contribution in [2.45, 2.75) is 13.0 Å². The van der Waals surface area contributed by atoms with E-state index in [0.717, 1.165) is 0 Å². The molecule has 0 saturated heterocycles. The van der Waals surface area contributed by atoms with Crippen LogP contribution in [0, 0.1) is 0 Å². The highest BCUT2D eigenvalue weighted by molar-refractivity contribution is 9.09. The molecule has 1 rings (SSSR count). The molecule has 0 atom stereocenters. The predicted octanol–water partition coefficient (Wildman–Crippen LogP) is 0.216. The molecule has 1 aromatic heterocycles. The summed E-state index contributed by atoms with van der Waals surface area (Å²) in [6, 6.07) is 0. The SMILES string of the molecule is Cn1cnc(CNC(=O)CCBr)n1.